The molecular weight excluding hydrogens is 226 g/mol. The van der Waals surface area contributed by atoms with E-state index in [2.05, 4.69) is 9.53 Å². The van der Waals surface area contributed by atoms with Crippen molar-refractivity contribution in [2.75, 3.05) is 6.61 Å². The van der Waals surface area contributed by atoms with Gasteiger partial charge in [0.05, 0.1) is 6.61 Å². The van der Waals surface area contributed by atoms with Crippen LogP contribution in [-0.4, -0.2) is 45.8 Å². The van der Waals surface area contributed by atoms with Crippen LogP contribution in [0.3, 0.4) is 0 Å². The smallest absolute Gasteiger partial charge is 0.457 e. The van der Waals surface area contributed by atoms with Crippen LogP contribution in [0.2, 0.25) is 0 Å². The van der Waals surface area contributed by atoms with Gasteiger partial charge in [-0.15, -0.1) is 0 Å². The molecule has 0 spiro atoms. The van der Waals surface area contributed by atoms with Crippen molar-refractivity contribution in [3.05, 3.63) is 5.53 Å². The number of nitrogens with zero attached hydrogens (tertiary/aromatic N) is 3. The third-order valence-electron chi connectivity index (χ3n) is 2.48. The topological polar surface area (TPSA) is 100 Å². The van der Waals surface area contributed by atoms with E-state index in [4.69, 9.17) is 5.53 Å². The monoisotopic (exact) mass is 239 g/mol. The Bertz CT molecular complexity index is 412. The van der Waals surface area contributed by atoms with Gasteiger partial charge in [-0.05, 0) is 20.3 Å². The first-order valence-electron chi connectivity index (χ1n) is 5.28. The van der Waals surface area contributed by atoms with Crippen LogP contribution in [0.25, 0.3) is 5.53 Å². The van der Waals surface area contributed by atoms with Crippen LogP contribution < -0.4 is 0 Å². The Labute approximate surface area is 98.0 Å². The van der Waals surface area contributed by atoms with Crippen LogP contribution in [-0.2, 0) is 19.1 Å². The SMILES string of the molecule is CCOC(=O)C(=[N+]=[N-])C(=O)N1C(=O)CCC1C. The fourth-order valence-electron chi connectivity index (χ4n) is 1.63. The third-order valence-corrected chi connectivity index (χ3v) is 2.48. The number of ether oxygens (including phenoxy) is 1. The van der Waals surface area contributed by atoms with Gasteiger partial charge in [0.1, 0.15) is 0 Å². The number of likely N-dealkylation sites (tertiary alicyclic amines) is 1. The largest absolute Gasteiger partial charge is 0.463 e. The Morgan fingerprint density at radius 1 is 1.59 bits per heavy atom. The predicted octanol–water partition coefficient (Wildman–Crippen LogP) is -0.242. The summed E-state index contributed by atoms with van der Waals surface area (Å²) in [6.45, 7) is 3.29. The van der Waals surface area contributed by atoms with E-state index in [-0.39, 0.29) is 25.0 Å². The molecule has 1 unspecified atom stereocenters. The molecular formula is C10H13N3O4. The molecule has 1 aliphatic heterocycles. The van der Waals surface area contributed by atoms with E-state index in [9.17, 15) is 14.4 Å². The molecule has 7 nitrogen and oxygen atoms in total. The zero-order valence-electron chi connectivity index (χ0n) is 9.67. The quantitative estimate of drug-likeness (QED) is 0.223. The van der Waals surface area contributed by atoms with Crippen LogP contribution >= 0.6 is 0 Å². The highest BCUT2D eigenvalue weighted by atomic mass is 16.5. The molecule has 0 aliphatic carbocycles. The van der Waals surface area contributed by atoms with Crippen molar-refractivity contribution in [2.24, 2.45) is 0 Å². The number of esters is 1. The molecule has 0 aromatic rings. The first kappa shape index (κ1) is 13.1. The second-order valence-electron chi connectivity index (χ2n) is 3.63. The van der Waals surface area contributed by atoms with E-state index < -0.39 is 17.6 Å². The van der Waals surface area contributed by atoms with E-state index in [1.54, 1.807) is 13.8 Å². The van der Waals surface area contributed by atoms with Crippen LogP contribution in [0.4, 0.5) is 0 Å². The molecule has 1 saturated heterocycles. The number of hydrogen-bond acceptors (Lipinski definition) is 4. The Morgan fingerprint density at radius 2 is 2.24 bits per heavy atom. The lowest BCUT2D eigenvalue weighted by molar-refractivity contribution is -0.147. The lowest BCUT2D eigenvalue weighted by Crippen LogP contribution is -2.45. The van der Waals surface area contributed by atoms with Crippen LogP contribution in [0.5, 0.6) is 0 Å². The maximum atomic E-state index is 11.8. The second-order valence-corrected chi connectivity index (χ2v) is 3.63. The summed E-state index contributed by atoms with van der Waals surface area (Å²) in [4.78, 5) is 38.1. The lowest BCUT2D eigenvalue weighted by atomic mass is 10.2. The third kappa shape index (κ3) is 2.57. The summed E-state index contributed by atoms with van der Waals surface area (Å²) in [5, 5.41) is 0. The molecule has 0 N–H and O–H groups in total. The van der Waals surface area contributed by atoms with Crippen molar-refractivity contribution >= 4 is 23.5 Å². The second kappa shape index (κ2) is 5.36. The molecule has 0 aromatic heterocycles. The highest BCUT2D eigenvalue weighted by Crippen LogP contribution is 2.18. The van der Waals surface area contributed by atoms with Gasteiger partial charge >= 0.3 is 17.6 Å². The van der Waals surface area contributed by atoms with Crippen molar-refractivity contribution in [1.82, 2.24) is 4.90 Å². The van der Waals surface area contributed by atoms with Crippen molar-refractivity contribution in [3.8, 4) is 0 Å². The molecule has 2 amide bonds. The summed E-state index contributed by atoms with van der Waals surface area (Å²) >= 11 is 0. The average Bonchev–Trinajstić information content (AvgIpc) is 2.59. The molecule has 0 radical (unpaired) electrons. The molecule has 17 heavy (non-hydrogen) atoms. The van der Waals surface area contributed by atoms with E-state index in [0.717, 1.165) is 4.90 Å². The van der Waals surface area contributed by atoms with E-state index in [1.807, 2.05) is 0 Å². The van der Waals surface area contributed by atoms with Gasteiger partial charge in [0.15, 0.2) is 0 Å². The van der Waals surface area contributed by atoms with Gasteiger partial charge in [0.2, 0.25) is 5.91 Å². The van der Waals surface area contributed by atoms with Crippen molar-refractivity contribution in [1.29, 1.82) is 0 Å². The number of carbonyl (C=O) groups is 3. The van der Waals surface area contributed by atoms with E-state index >= 15 is 0 Å². The van der Waals surface area contributed by atoms with Gasteiger partial charge < -0.3 is 10.3 Å². The van der Waals surface area contributed by atoms with E-state index in [1.165, 1.54) is 0 Å². The molecule has 1 rings (SSSR count). The van der Waals surface area contributed by atoms with Gasteiger partial charge in [-0.3, -0.25) is 14.5 Å². The average molecular weight is 239 g/mol. The molecule has 92 valence electrons. The molecule has 0 bridgehead atoms. The van der Waals surface area contributed by atoms with Crippen molar-refractivity contribution < 1.29 is 23.9 Å². The van der Waals surface area contributed by atoms with Gasteiger partial charge in [0.25, 0.3) is 0 Å². The standard InChI is InChI=1S/C10H13N3O4/c1-3-17-10(16)8(12-11)9(15)13-6(2)4-5-7(13)14/h6H,3-5H2,1-2H3. The fourth-order valence-corrected chi connectivity index (χ4v) is 1.63. The lowest BCUT2D eigenvalue weighted by Gasteiger charge is -2.16. The maximum absolute atomic E-state index is 11.8. The summed E-state index contributed by atoms with van der Waals surface area (Å²) in [7, 11) is 0. The van der Waals surface area contributed by atoms with Crippen molar-refractivity contribution in [2.45, 2.75) is 32.7 Å². The molecule has 1 aliphatic rings. The molecule has 1 atom stereocenters. The number of carbonyl (C=O) groups excluding carboxylic acids is 3. The zero-order chi connectivity index (χ0) is 13.0. The normalized spacial score (nSPS) is 18.8. The van der Waals surface area contributed by atoms with Crippen LogP contribution in [0.15, 0.2) is 0 Å². The first-order chi connectivity index (χ1) is 8.02. The highest BCUT2D eigenvalue weighted by molar-refractivity contribution is 6.62. The van der Waals surface area contributed by atoms with Gasteiger partial charge in [-0.25, -0.2) is 4.79 Å². The Hall–Kier alpha value is -2.01. The minimum absolute atomic E-state index is 0.0502. The predicted molar refractivity (Wildman–Crippen MR) is 55.8 cm³/mol. The number of imide groups is 1. The first-order valence-corrected chi connectivity index (χ1v) is 5.28. The minimum Gasteiger partial charge on any atom is -0.457 e. The van der Waals surface area contributed by atoms with Gasteiger partial charge in [-0.2, -0.15) is 4.79 Å². The maximum Gasteiger partial charge on any atom is 0.463 e. The van der Waals surface area contributed by atoms with Crippen molar-refractivity contribution in [3.63, 3.8) is 0 Å². The number of rotatable bonds is 3. The van der Waals surface area contributed by atoms with Crippen LogP contribution in [0, 0.1) is 0 Å². The summed E-state index contributed by atoms with van der Waals surface area (Å²) in [6.07, 6.45) is 0.778. The number of amides is 2. The zero-order valence-corrected chi connectivity index (χ0v) is 9.67. The van der Waals surface area contributed by atoms with E-state index in [0.29, 0.717) is 6.42 Å². The van der Waals surface area contributed by atoms with Gasteiger partial charge in [-0.1, -0.05) is 0 Å². The van der Waals surface area contributed by atoms with Crippen LogP contribution in [0.1, 0.15) is 26.7 Å². The Kier molecular flexibility index (Phi) is 4.12. The highest BCUT2D eigenvalue weighted by Gasteiger charge is 2.42. The number of hydrogen-bond donors (Lipinski definition) is 0. The summed E-state index contributed by atoms with van der Waals surface area (Å²) in [5.41, 5.74) is 7.89. The van der Waals surface area contributed by atoms with Gasteiger partial charge in [0, 0.05) is 12.5 Å². The Balaban J connectivity index is 2.91. The Morgan fingerprint density at radius 3 is 2.65 bits per heavy atom. The fraction of sp³-hybridized carbons (Fsp3) is 0.600. The minimum atomic E-state index is -1.04. The molecule has 1 heterocycles. The molecule has 0 aromatic carbocycles. The molecule has 7 heteroatoms. The molecule has 0 saturated carbocycles. The summed E-state index contributed by atoms with van der Waals surface area (Å²) < 4.78 is 4.56. The summed E-state index contributed by atoms with van der Waals surface area (Å²) in [5.74, 6) is -2.33. The summed E-state index contributed by atoms with van der Waals surface area (Å²) in [6, 6.07) is -0.304. The molecule has 1 fully saturated rings.